The number of hydrogen-bond donors (Lipinski definition) is 2. The van der Waals surface area contributed by atoms with Gasteiger partial charge in [-0.25, -0.2) is 0 Å². The van der Waals surface area contributed by atoms with Gasteiger partial charge in [-0.2, -0.15) is 0 Å². The van der Waals surface area contributed by atoms with Gasteiger partial charge in [0.05, 0.1) is 6.61 Å². The molecule has 0 aliphatic carbocycles. The van der Waals surface area contributed by atoms with E-state index in [4.69, 9.17) is 26.8 Å². The summed E-state index contributed by atoms with van der Waals surface area (Å²) in [5.41, 5.74) is 8.28. The quantitative estimate of drug-likeness (QED) is 0.806. The number of anilines is 1. The first kappa shape index (κ1) is 18.3. The number of aryl methyl sites for hydroxylation is 1. The standard InChI is InChI=1S/C18H21ClN2O3/c1-12-8-15(24-10-13-4-3-5-14(19)9-13)6-7-17(12)21-18(22)16(20)11-23-2/h3-9,16H,10-11,20H2,1-2H3,(H,21,22). The molecule has 0 aliphatic heterocycles. The van der Waals surface area contributed by atoms with Crippen LogP contribution in [0.5, 0.6) is 5.75 Å². The molecule has 5 nitrogen and oxygen atoms in total. The lowest BCUT2D eigenvalue weighted by atomic mass is 10.1. The number of halogens is 1. The lowest BCUT2D eigenvalue weighted by Crippen LogP contribution is -2.39. The van der Waals surface area contributed by atoms with Gasteiger partial charge in [0.15, 0.2) is 0 Å². The zero-order valence-electron chi connectivity index (χ0n) is 13.7. The summed E-state index contributed by atoms with van der Waals surface area (Å²) in [4.78, 5) is 11.9. The van der Waals surface area contributed by atoms with Crippen LogP contribution in [-0.4, -0.2) is 25.7 Å². The summed E-state index contributed by atoms with van der Waals surface area (Å²) in [5, 5.41) is 3.46. The minimum Gasteiger partial charge on any atom is -0.489 e. The first-order valence-electron chi connectivity index (χ1n) is 7.53. The molecule has 0 saturated carbocycles. The van der Waals surface area contributed by atoms with Gasteiger partial charge in [-0.15, -0.1) is 0 Å². The first-order valence-corrected chi connectivity index (χ1v) is 7.90. The second-order valence-corrected chi connectivity index (χ2v) is 5.88. The maximum atomic E-state index is 11.9. The summed E-state index contributed by atoms with van der Waals surface area (Å²) in [5.74, 6) is 0.430. The number of amides is 1. The molecule has 2 aromatic rings. The number of benzene rings is 2. The molecule has 0 bridgehead atoms. The number of ether oxygens (including phenoxy) is 2. The minimum absolute atomic E-state index is 0.172. The Bertz CT molecular complexity index is 706. The fraction of sp³-hybridized carbons (Fsp3) is 0.278. The predicted octanol–water partition coefficient (Wildman–Crippen LogP) is 3.14. The monoisotopic (exact) mass is 348 g/mol. The zero-order valence-corrected chi connectivity index (χ0v) is 14.5. The average Bonchev–Trinajstić information content (AvgIpc) is 2.55. The first-order chi connectivity index (χ1) is 11.5. The molecule has 1 unspecified atom stereocenters. The van der Waals surface area contributed by atoms with Crippen LogP contribution in [0.3, 0.4) is 0 Å². The van der Waals surface area contributed by atoms with Crippen molar-refractivity contribution in [1.82, 2.24) is 0 Å². The molecule has 6 heteroatoms. The highest BCUT2D eigenvalue weighted by Gasteiger charge is 2.14. The van der Waals surface area contributed by atoms with Crippen molar-refractivity contribution < 1.29 is 14.3 Å². The summed E-state index contributed by atoms with van der Waals surface area (Å²) in [6.45, 7) is 2.49. The van der Waals surface area contributed by atoms with E-state index >= 15 is 0 Å². The van der Waals surface area contributed by atoms with Crippen LogP contribution in [0.2, 0.25) is 5.02 Å². The third kappa shape index (κ3) is 5.23. The SMILES string of the molecule is COCC(N)C(=O)Nc1ccc(OCc2cccc(Cl)c2)cc1C. The average molecular weight is 349 g/mol. The Morgan fingerprint density at radius 1 is 1.29 bits per heavy atom. The third-order valence-electron chi connectivity index (χ3n) is 3.43. The highest BCUT2D eigenvalue weighted by atomic mass is 35.5. The van der Waals surface area contributed by atoms with E-state index in [0.29, 0.717) is 23.1 Å². The fourth-order valence-electron chi connectivity index (χ4n) is 2.14. The number of methoxy groups -OCH3 is 1. The van der Waals surface area contributed by atoms with E-state index in [2.05, 4.69) is 5.32 Å². The van der Waals surface area contributed by atoms with Crippen LogP contribution in [-0.2, 0) is 16.1 Å². The van der Waals surface area contributed by atoms with Crippen LogP contribution in [0.25, 0.3) is 0 Å². The van der Waals surface area contributed by atoms with Gasteiger partial charge in [-0.3, -0.25) is 4.79 Å². The van der Waals surface area contributed by atoms with Crippen molar-refractivity contribution in [2.24, 2.45) is 5.73 Å². The number of rotatable bonds is 7. The summed E-state index contributed by atoms with van der Waals surface area (Å²) in [6.07, 6.45) is 0. The molecular weight excluding hydrogens is 328 g/mol. The Balaban J connectivity index is 1.97. The molecule has 0 radical (unpaired) electrons. The van der Waals surface area contributed by atoms with Crippen molar-refractivity contribution in [2.45, 2.75) is 19.6 Å². The Morgan fingerprint density at radius 2 is 2.08 bits per heavy atom. The van der Waals surface area contributed by atoms with E-state index < -0.39 is 6.04 Å². The van der Waals surface area contributed by atoms with Gasteiger partial charge in [0, 0.05) is 17.8 Å². The highest BCUT2D eigenvalue weighted by molar-refractivity contribution is 6.30. The van der Waals surface area contributed by atoms with Crippen molar-refractivity contribution in [1.29, 1.82) is 0 Å². The summed E-state index contributed by atoms with van der Waals surface area (Å²) in [6, 6.07) is 12.3. The maximum Gasteiger partial charge on any atom is 0.243 e. The van der Waals surface area contributed by atoms with Gasteiger partial charge in [-0.1, -0.05) is 23.7 Å². The Kier molecular flexibility index (Phi) is 6.61. The molecule has 0 aliphatic rings. The predicted molar refractivity (Wildman–Crippen MR) is 95.4 cm³/mol. The largest absolute Gasteiger partial charge is 0.489 e. The smallest absolute Gasteiger partial charge is 0.243 e. The van der Waals surface area contributed by atoms with Gasteiger partial charge in [0.2, 0.25) is 5.91 Å². The van der Waals surface area contributed by atoms with Crippen molar-refractivity contribution in [3.8, 4) is 5.75 Å². The van der Waals surface area contributed by atoms with Crippen LogP contribution < -0.4 is 15.8 Å². The van der Waals surface area contributed by atoms with Crippen LogP contribution in [0.4, 0.5) is 5.69 Å². The molecule has 2 aromatic carbocycles. The number of hydrogen-bond acceptors (Lipinski definition) is 4. The molecule has 0 aromatic heterocycles. The van der Waals surface area contributed by atoms with Crippen molar-refractivity contribution in [3.63, 3.8) is 0 Å². The molecular formula is C18H21ClN2O3. The lowest BCUT2D eigenvalue weighted by molar-refractivity contribution is -0.118. The van der Waals surface area contributed by atoms with E-state index in [1.807, 2.05) is 37.3 Å². The van der Waals surface area contributed by atoms with Crippen molar-refractivity contribution >= 4 is 23.2 Å². The van der Waals surface area contributed by atoms with Gasteiger partial charge >= 0.3 is 0 Å². The second-order valence-electron chi connectivity index (χ2n) is 5.45. The maximum absolute atomic E-state index is 11.9. The van der Waals surface area contributed by atoms with E-state index in [9.17, 15) is 4.79 Å². The zero-order chi connectivity index (χ0) is 17.5. The second kappa shape index (κ2) is 8.68. The summed E-state index contributed by atoms with van der Waals surface area (Å²) >= 11 is 5.95. The Labute approximate surface area is 146 Å². The molecule has 1 atom stereocenters. The Hall–Kier alpha value is -2.08. The molecule has 0 saturated heterocycles. The number of nitrogens with two attached hydrogens (primary N) is 1. The third-order valence-corrected chi connectivity index (χ3v) is 3.67. The number of nitrogens with one attached hydrogen (secondary N) is 1. The normalized spacial score (nSPS) is 11.8. The van der Waals surface area contributed by atoms with E-state index in [1.54, 1.807) is 12.1 Å². The van der Waals surface area contributed by atoms with E-state index in [-0.39, 0.29) is 12.5 Å². The molecule has 0 spiro atoms. The molecule has 0 heterocycles. The molecule has 2 rings (SSSR count). The highest BCUT2D eigenvalue weighted by Crippen LogP contribution is 2.22. The minimum atomic E-state index is -0.701. The molecule has 0 fully saturated rings. The van der Waals surface area contributed by atoms with Gasteiger partial charge in [0.25, 0.3) is 0 Å². The topological polar surface area (TPSA) is 73.6 Å². The molecule has 24 heavy (non-hydrogen) atoms. The number of carbonyl (C=O) groups is 1. The summed E-state index contributed by atoms with van der Waals surface area (Å²) < 4.78 is 10.6. The van der Waals surface area contributed by atoms with E-state index in [1.165, 1.54) is 7.11 Å². The Morgan fingerprint density at radius 3 is 2.75 bits per heavy atom. The van der Waals surface area contributed by atoms with Crippen LogP contribution in [0, 0.1) is 6.92 Å². The molecule has 3 N–H and O–H groups in total. The number of carbonyl (C=O) groups excluding carboxylic acids is 1. The van der Waals surface area contributed by atoms with Crippen LogP contribution >= 0.6 is 11.6 Å². The summed E-state index contributed by atoms with van der Waals surface area (Å²) in [7, 11) is 1.50. The van der Waals surface area contributed by atoms with E-state index in [0.717, 1.165) is 11.1 Å². The van der Waals surface area contributed by atoms with Crippen LogP contribution in [0.1, 0.15) is 11.1 Å². The van der Waals surface area contributed by atoms with Gasteiger partial charge in [0.1, 0.15) is 18.4 Å². The fourth-order valence-corrected chi connectivity index (χ4v) is 2.35. The van der Waals surface area contributed by atoms with Crippen molar-refractivity contribution in [2.75, 3.05) is 19.0 Å². The van der Waals surface area contributed by atoms with Gasteiger partial charge in [-0.05, 0) is 48.4 Å². The molecule has 1 amide bonds. The van der Waals surface area contributed by atoms with Crippen LogP contribution in [0.15, 0.2) is 42.5 Å². The van der Waals surface area contributed by atoms with Crippen molar-refractivity contribution in [3.05, 3.63) is 58.6 Å². The molecule has 128 valence electrons. The lowest BCUT2D eigenvalue weighted by Gasteiger charge is -2.14. The van der Waals surface area contributed by atoms with Gasteiger partial charge < -0.3 is 20.5 Å².